The van der Waals surface area contributed by atoms with Crippen molar-refractivity contribution in [1.29, 1.82) is 0 Å². The van der Waals surface area contributed by atoms with Crippen LogP contribution in [0.1, 0.15) is 27.8 Å². The maximum atomic E-state index is 12.6. The molecule has 4 N–H and O–H groups in total. The topological polar surface area (TPSA) is 127 Å². The van der Waals surface area contributed by atoms with Crippen LogP contribution in [0, 0.1) is 6.08 Å². The van der Waals surface area contributed by atoms with Crippen molar-refractivity contribution in [2.75, 3.05) is 0 Å². The molecule has 2 aliphatic rings. The van der Waals surface area contributed by atoms with Crippen molar-refractivity contribution in [2.24, 2.45) is 4.99 Å². The van der Waals surface area contributed by atoms with E-state index < -0.39 is 0 Å². The van der Waals surface area contributed by atoms with E-state index in [9.17, 15) is 20.4 Å². The molecule has 350 valence electrons. The third-order valence-electron chi connectivity index (χ3n) is 12.7. The third-order valence-corrected chi connectivity index (χ3v) is 14.9. The molecule has 0 fully saturated rings. The minimum atomic E-state index is 0. The minimum Gasteiger partial charge on any atom is -0.871 e. The van der Waals surface area contributed by atoms with Gasteiger partial charge in [0.25, 0.3) is 10.0 Å². The van der Waals surface area contributed by atoms with Gasteiger partial charge in [-0.25, -0.2) is 0 Å². The number of aliphatic imine (C=N–C) groups is 1. The number of phenols is 2. The predicted octanol–water partition coefficient (Wildman–Crippen LogP) is 13.1. The van der Waals surface area contributed by atoms with Gasteiger partial charge in [0, 0.05) is 43.6 Å². The summed E-state index contributed by atoms with van der Waals surface area (Å²) >= 11 is 3.24. The van der Waals surface area contributed by atoms with Crippen molar-refractivity contribution in [3.05, 3.63) is 252 Å². The minimum absolute atomic E-state index is 0. The molecule has 7 nitrogen and oxygen atoms in total. The Kier molecular flexibility index (Phi) is 15.6. The van der Waals surface area contributed by atoms with Crippen molar-refractivity contribution in [3.8, 4) is 44.1 Å². The van der Waals surface area contributed by atoms with Crippen molar-refractivity contribution in [1.82, 2.24) is 0 Å². The van der Waals surface area contributed by atoms with E-state index in [0.717, 1.165) is 110 Å². The fourth-order valence-electron chi connectivity index (χ4n) is 9.01. The summed E-state index contributed by atoms with van der Waals surface area (Å²) in [6.07, 6.45) is 5.00. The van der Waals surface area contributed by atoms with Crippen molar-refractivity contribution in [2.45, 2.75) is 12.8 Å². The number of benzene rings is 10. The molecule has 0 unspecified atom stereocenters. The van der Waals surface area contributed by atoms with Gasteiger partial charge in [0.15, 0.2) is 0 Å². The standard InChI is InChI=1S/2C17H11NOS.C15H11O.C14H11NO.Be.Zn/c2*19-16-12-6-2-1-5-11(12)9-10-13(16)17-18-14-7-3-4-8-15(14)20-17;16-15-8-4-3-7-14(15)13-9-11-5-1-2-6-12(11)10-13;16-14-8-4-2-6-11(14)13-9-10-5-1-3-7-12(10)15-13;;/h2*1-10,19H;2*1-8,16H,9H2;;/q;;-1;;+2;. The van der Waals surface area contributed by atoms with Crippen LogP contribution in [-0.4, -0.2) is 26.0 Å². The number of nitrogens with zero attached hydrogens (tertiary/aromatic N) is 1. The Bertz CT molecular complexity index is 3710. The van der Waals surface area contributed by atoms with Crippen molar-refractivity contribution in [3.63, 3.8) is 0 Å². The molecule has 0 spiro atoms. The van der Waals surface area contributed by atoms with Gasteiger partial charge >= 0.3 is 10.1 Å². The van der Waals surface area contributed by atoms with Gasteiger partial charge in [-0.2, -0.15) is 9.97 Å². The van der Waals surface area contributed by atoms with E-state index in [-0.39, 0.29) is 41.1 Å². The Labute approximate surface area is 452 Å². The number of thiazole rings is 2. The van der Waals surface area contributed by atoms with Gasteiger partial charge in [-0.1, -0.05) is 186 Å². The van der Waals surface area contributed by atoms with E-state index in [1.54, 1.807) is 34.8 Å². The summed E-state index contributed by atoms with van der Waals surface area (Å²) in [5.41, 5.74) is 12.0. The molecule has 14 rings (SSSR count). The second-order valence-corrected chi connectivity index (χ2v) is 19.4. The number of aromatic amines is 2. The molecular formula is C63H44BeN3O4S2Zn+. The molecule has 0 amide bonds. The molecular weight excluding hydrogens is 1000 g/mol. The molecule has 3 heterocycles. The van der Waals surface area contributed by atoms with Crippen LogP contribution in [0.15, 0.2) is 223 Å². The average molecular weight is 1050 g/mol. The van der Waals surface area contributed by atoms with Crippen LogP contribution < -0.4 is 20.2 Å². The number of allylic oxidation sites excluding steroid dienone is 1. The van der Waals surface area contributed by atoms with Crippen LogP contribution >= 0.6 is 22.7 Å². The van der Waals surface area contributed by atoms with E-state index >= 15 is 0 Å². The number of fused-ring (bicyclic) bond motifs is 6. The molecule has 12 aromatic rings. The molecule has 2 aromatic heterocycles. The molecule has 10 aromatic carbocycles. The van der Waals surface area contributed by atoms with Gasteiger partial charge in [0.2, 0.25) is 11.0 Å². The molecule has 0 bridgehead atoms. The summed E-state index contributed by atoms with van der Waals surface area (Å²) in [5, 5.41) is 50.1. The first-order valence-corrected chi connectivity index (χ1v) is 25.1. The number of para-hydroxylation sites is 5. The van der Waals surface area contributed by atoms with Crippen LogP contribution in [-0.2, 0) is 32.3 Å². The summed E-state index contributed by atoms with van der Waals surface area (Å²) in [5.74, 6) is 0.809. The van der Waals surface area contributed by atoms with Crippen LogP contribution in [0.25, 0.3) is 68.7 Å². The Balaban J connectivity index is 0.000000121. The third kappa shape index (κ3) is 10.7. The molecule has 1 aliphatic heterocycles. The van der Waals surface area contributed by atoms with Crippen LogP contribution in [0.3, 0.4) is 0 Å². The number of hydrogen-bond donors (Lipinski definition) is 2. The zero-order chi connectivity index (χ0) is 49.0. The number of phenolic OH excluding ortho intramolecular Hbond substituents is 2. The number of aromatic nitrogens is 2. The fourth-order valence-corrected chi connectivity index (χ4v) is 11.1. The van der Waals surface area contributed by atoms with Crippen molar-refractivity contribution >= 4 is 91.7 Å². The first-order valence-electron chi connectivity index (χ1n) is 23.5. The van der Waals surface area contributed by atoms with E-state index in [1.165, 1.54) is 11.1 Å². The monoisotopic (exact) mass is 1040 g/mol. The quantitative estimate of drug-likeness (QED) is 0.134. The fraction of sp³-hybridized carbons (Fsp3) is 0.0317. The van der Waals surface area contributed by atoms with E-state index in [2.05, 4.69) is 51.4 Å². The number of H-pyrrole nitrogens is 2. The van der Waals surface area contributed by atoms with Crippen LogP contribution in [0.4, 0.5) is 5.69 Å². The van der Waals surface area contributed by atoms with Gasteiger partial charge in [0.1, 0.15) is 15.1 Å². The summed E-state index contributed by atoms with van der Waals surface area (Å²) in [6.45, 7) is 0. The first-order chi connectivity index (χ1) is 35.3. The van der Waals surface area contributed by atoms with Crippen LogP contribution in [0.2, 0.25) is 0 Å². The molecule has 0 saturated carbocycles. The maximum absolute atomic E-state index is 12.6. The number of aromatic hydroxyl groups is 2. The maximum Gasteiger partial charge on any atom is 2.00 e. The summed E-state index contributed by atoms with van der Waals surface area (Å²) in [7, 11) is 0. The summed E-state index contributed by atoms with van der Waals surface area (Å²) in [6, 6.07) is 70.5. The van der Waals surface area contributed by atoms with E-state index in [4.69, 9.17) is 0 Å². The van der Waals surface area contributed by atoms with Gasteiger partial charge in [0.05, 0.1) is 28.3 Å². The molecule has 0 saturated heterocycles. The zero-order valence-corrected chi connectivity index (χ0v) is 44.7. The average Bonchev–Trinajstić information content (AvgIpc) is 4.25. The zero-order valence-electron chi connectivity index (χ0n) is 40.1. The molecule has 0 atom stereocenters. The van der Waals surface area contributed by atoms with Crippen molar-refractivity contribution < 1.29 is 49.9 Å². The second kappa shape index (κ2) is 22.8. The predicted molar refractivity (Wildman–Crippen MR) is 296 cm³/mol. The van der Waals surface area contributed by atoms with Gasteiger partial charge in [-0.3, -0.25) is 4.99 Å². The second-order valence-electron chi connectivity index (χ2n) is 17.3. The first kappa shape index (κ1) is 50.8. The smallest absolute Gasteiger partial charge is 0.871 e. The normalized spacial score (nSPS) is 11.8. The Morgan fingerprint density at radius 3 is 1.45 bits per heavy atom. The molecule has 0 radical (unpaired) electrons. The number of rotatable bonds is 4. The largest absolute Gasteiger partial charge is 2.00 e. The van der Waals surface area contributed by atoms with Gasteiger partial charge in [-0.05, 0) is 75.6 Å². The van der Waals surface area contributed by atoms with E-state index in [0.29, 0.717) is 11.5 Å². The Morgan fingerprint density at radius 2 is 0.905 bits per heavy atom. The number of hydrogen-bond acceptors (Lipinski definition) is 7. The molecule has 1 aliphatic carbocycles. The SMILES string of the molecule is Oc1ccccc1C1=Nc2ccccc2C1.Oc1ccccc1C1=[C-]c2ccccc2C1.[Be+2].[O-]c1c(-c2[nH+]c3ccccc3s2)ccc2ccccc12.[O-]c1c(-c2[nH+]c3ccccc3s2)ccc2ccccc12.[Zn]. The number of nitrogens with one attached hydrogen (secondary N) is 2. The van der Waals surface area contributed by atoms with E-state index in [1.807, 2.05) is 176 Å². The van der Waals surface area contributed by atoms with Crippen LogP contribution in [0.5, 0.6) is 23.0 Å². The Hall–Kier alpha value is -8.10. The van der Waals surface area contributed by atoms with Gasteiger partial charge in [-0.15, -0.1) is 41.0 Å². The summed E-state index contributed by atoms with van der Waals surface area (Å²) in [4.78, 5) is 11.2. The molecule has 74 heavy (non-hydrogen) atoms. The summed E-state index contributed by atoms with van der Waals surface area (Å²) < 4.78 is 2.32. The molecule has 11 heteroatoms. The van der Waals surface area contributed by atoms with Gasteiger partial charge < -0.3 is 20.4 Å². The Morgan fingerprint density at radius 1 is 0.446 bits per heavy atom.